The van der Waals surface area contributed by atoms with Gasteiger partial charge in [0, 0.05) is 13.0 Å². The third kappa shape index (κ3) is 8.28. The van der Waals surface area contributed by atoms with Gasteiger partial charge in [-0.1, -0.05) is 48.5 Å². The Balaban J connectivity index is 2.29. The van der Waals surface area contributed by atoms with Crippen molar-refractivity contribution >= 4 is 29.7 Å². The average Bonchev–Trinajstić information content (AvgIpc) is 3.12. The van der Waals surface area contributed by atoms with Gasteiger partial charge in [-0.2, -0.15) is 0 Å². The van der Waals surface area contributed by atoms with Crippen LogP contribution in [0.1, 0.15) is 75.7 Å². The number of likely N-dealkylation sites (tertiary alicyclic amines) is 1. The number of carbonyl (C=O) groups is 5. The summed E-state index contributed by atoms with van der Waals surface area (Å²) in [5, 5.41) is 7.61. The molecule has 1 aliphatic heterocycles. The Hall–Kier alpha value is -2.99. The summed E-state index contributed by atoms with van der Waals surface area (Å²) in [5.74, 6) is -3.62. The predicted octanol–water partition coefficient (Wildman–Crippen LogP) is 2.17. The van der Waals surface area contributed by atoms with Crippen molar-refractivity contribution in [2.75, 3.05) is 6.54 Å². The van der Waals surface area contributed by atoms with Crippen LogP contribution in [-0.2, 0) is 23.9 Å². The molecule has 0 unspecified atom stereocenters. The van der Waals surface area contributed by atoms with Crippen LogP contribution in [0.3, 0.4) is 0 Å². The third-order valence-electron chi connectivity index (χ3n) is 7.84. The molecule has 1 saturated carbocycles. The van der Waals surface area contributed by atoms with E-state index in [1.807, 2.05) is 13.8 Å². The molecule has 2 rings (SSSR count). The van der Waals surface area contributed by atoms with Crippen LogP contribution in [0.4, 0.5) is 13.6 Å². The molecule has 1 aliphatic carbocycles. The van der Waals surface area contributed by atoms with E-state index in [1.165, 1.54) is 4.90 Å². The maximum atomic E-state index is 14.0. The van der Waals surface area contributed by atoms with E-state index in [1.54, 1.807) is 55.4 Å². The molecule has 41 heavy (non-hydrogen) atoms. The molecule has 0 spiro atoms. The lowest BCUT2D eigenvalue weighted by Crippen LogP contribution is -2.62. The number of piperidine rings is 1. The van der Waals surface area contributed by atoms with Crippen molar-refractivity contribution in [3.8, 4) is 0 Å². The lowest BCUT2D eigenvalue weighted by Gasteiger charge is -2.38. The summed E-state index contributed by atoms with van der Waals surface area (Å²) in [6.45, 7) is 18.0. The van der Waals surface area contributed by atoms with E-state index in [0.717, 1.165) is 0 Å². The number of alkyl halides is 2. The van der Waals surface area contributed by atoms with E-state index in [9.17, 15) is 32.8 Å². The van der Waals surface area contributed by atoms with E-state index in [2.05, 4.69) is 16.0 Å². The Kier molecular flexibility index (Phi) is 10.1. The van der Waals surface area contributed by atoms with Gasteiger partial charge >= 0.3 is 12.0 Å². The fraction of sp³-hybridized carbons (Fsp3) is 0.821. The second kappa shape index (κ2) is 12.1. The van der Waals surface area contributed by atoms with Gasteiger partial charge in [0.1, 0.15) is 29.8 Å². The Labute approximate surface area is 241 Å². The molecule has 6 atom stereocenters. The highest BCUT2D eigenvalue weighted by Crippen LogP contribution is 2.65. The SMILES string of the molecule is CC(C)[C@H](NC(=O)N[C@H](C(=O)N1C[C@H]2[C@@H]([C@H]1C(=O)N[C@@H](CC(F)F)C(N)=O)C2(C)C)C(C)(C)C)C(=O)OC(C)(C)C. The minimum atomic E-state index is -2.87. The zero-order valence-corrected chi connectivity index (χ0v) is 25.8. The van der Waals surface area contributed by atoms with Gasteiger partial charge in [-0.25, -0.2) is 18.4 Å². The highest BCUT2D eigenvalue weighted by molar-refractivity contribution is 5.96. The van der Waals surface area contributed by atoms with Gasteiger partial charge in [-0.05, 0) is 49.4 Å². The van der Waals surface area contributed by atoms with Gasteiger partial charge in [0.05, 0.1) is 0 Å². The van der Waals surface area contributed by atoms with Gasteiger partial charge in [-0.15, -0.1) is 0 Å². The molecule has 13 heteroatoms. The van der Waals surface area contributed by atoms with Gasteiger partial charge in [0.2, 0.25) is 24.1 Å². The van der Waals surface area contributed by atoms with Crippen LogP contribution in [0.15, 0.2) is 0 Å². The number of esters is 1. The second-order valence-corrected chi connectivity index (χ2v) is 14.2. The third-order valence-corrected chi connectivity index (χ3v) is 7.84. The molecule has 234 valence electrons. The lowest BCUT2D eigenvalue weighted by molar-refractivity contribution is -0.158. The molecule has 1 saturated heterocycles. The van der Waals surface area contributed by atoms with Crippen LogP contribution in [-0.4, -0.2) is 77.4 Å². The summed E-state index contributed by atoms with van der Waals surface area (Å²) < 4.78 is 31.5. The normalized spacial score (nSPS) is 23.8. The van der Waals surface area contributed by atoms with Crippen LogP contribution < -0.4 is 21.7 Å². The Morgan fingerprint density at radius 2 is 1.56 bits per heavy atom. The van der Waals surface area contributed by atoms with E-state index in [0.29, 0.717) is 0 Å². The number of rotatable bonds is 10. The van der Waals surface area contributed by atoms with E-state index in [4.69, 9.17) is 10.5 Å². The number of nitrogens with one attached hydrogen (secondary N) is 3. The van der Waals surface area contributed by atoms with Crippen molar-refractivity contribution < 1.29 is 37.5 Å². The standard InChI is InChI=1S/C28H47F2N5O6/c1-13(2)18(24(39)41-27(6,7)8)33-25(40)34-20(26(3,4)5)23(38)35-12-14-17(28(14,9)10)19(35)22(37)32-15(21(31)36)11-16(29)30/h13-20H,11-12H2,1-10H3,(H2,31,36)(H,32,37)(H2,33,34,40)/t14-,15-,17-,18-,19-,20+/m0/s1. The van der Waals surface area contributed by atoms with Gasteiger partial charge in [0.15, 0.2) is 0 Å². The van der Waals surface area contributed by atoms with Crippen LogP contribution in [0, 0.1) is 28.6 Å². The molecule has 5 N–H and O–H groups in total. The Bertz CT molecular complexity index is 1040. The summed E-state index contributed by atoms with van der Waals surface area (Å²) in [4.78, 5) is 66.3. The van der Waals surface area contributed by atoms with E-state index < -0.39 is 77.8 Å². The molecule has 0 aromatic heterocycles. The number of amides is 5. The number of nitrogens with two attached hydrogens (primary N) is 1. The molecule has 0 radical (unpaired) electrons. The fourth-order valence-electron chi connectivity index (χ4n) is 5.49. The van der Waals surface area contributed by atoms with Crippen molar-refractivity contribution in [3.05, 3.63) is 0 Å². The summed E-state index contributed by atoms with van der Waals surface area (Å²) >= 11 is 0. The first-order chi connectivity index (χ1) is 18.5. The number of urea groups is 1. The highest BCUT2D eigenvalue weighted by Gasteiger charge is 2.69. The number of hydrogen-bond acceptors (Lipinski definition) is 6. The molecule has 0 bridgehead atoms. The van der Waals surface area contributed by atoms with E-state index >= 15 is 0 Å². The maximum Gasteiger partial charge on any atom is 0.329 e. The summed E-state index contributed by atoms with van der Waals surface area (Å²) in [6, 6.07) is -5.49. The van der Waals surface area contributed by atoms with Crippen molar-refractivity contribution in [1.82, 2.24) is 20.9 Å². The number of primary amides is 1. The quantitative estimate of drug-likeness (QED) is 0.287. The number of halogens is 2. The molecular formula is C28H47F2N5O6. The van der Waals surface area contributed by atoms with Crippen molar-refractivity contribution in [1.29, 1.82) is 0 Å². The molecule has 0 aromatic carbocycles. The average molecular weight is 588 g/mol. The summed E-state index contributed by atoms with van der Waals surface area (Å²) in [5.41, 5.74) is 3.37. The number of fused-ring (bicyclic) bond motifs is 1. The van der Waals surface area contributed by atoms with Crippen LogP contribution >= 0.6 is 0 Å². The summed E-state index contributed by atoms with van der Waals surface area (Å²) in [6.07, 6.45) is -3.82. The Morgan fingerprint density at radius 3 is 2.00 bits per heavy atom. The number of carbonyl (C=O) groups excluding carboxylic acids is 5. The first-order valence-corrected chi connectivity index (χ1v) is 14.0. The Morgan fingerprint density at radius 1 is 1.00 bits per heavy atom. The molecular weight excluding hydrogens is 540 g/mol. The number of nitrogens with zero attached hydrogens (tertiary/aromatic N) is 1. The number of hydrogen-bond donors (Lipinski definition) is 4. The van der Waals surface area contributed by atoms with Crippen molar-refractivity contribution in [2.45, 2.75) is 112 Å². The predicted molar refractivity (Wildman–Crippen MR) is 147 cm³/mol. The van der Waals surface area contributed by atoms with Crippen LogP contribution in [0.5, 0.6) is 0 Å². The van der Waals surface area contributed by atoms with Crippen LogP contribution in [0.2, 0.25) is 0 Å². The molecule has 2 fully saturated rings. The second-order valence-electron chi connectivity index (χ2n) is 14.2. The lowest BCUT2D eigenvalue weighted by atomic mass is 9.85. The van der Waals surface area contributed by atoms with Crippen molar-refractivity contribution in [2.24, 2.45) is 34.3 Å². The van der Waals surface area contributed by atoms with Crippen molar-refractivity contribution in [3.63, 3.8) is 0 Å². The minimum absolute atomic E-state index is 0.0312. The maximum absolute atomic E-state index is 14.0. The minimum Gasteiger partial charge on any atom is -0.458 e. The molecule has 5 amide bonds. The molecule has 1 heterocycles. The zero-order chi connectivity index (χ0) is 31.8. The fourth-order valence-corrected chi connectivity index (χ4v) is 5.49. The summed E-state index contributed by atoms with van der Waals surface area (Å²) in [7, 11) is 0. The first-order valence-electron chi connectivity index (χ1n) is 14.0. The topological polar surface area (TPSA) is 160 Å². The number of ether oxygens (including phenoxy) is 1. The van der Waals surface area contributed by atoms with Gasteiger partial charge in [-0.3, -0.25) is 14.4 Å². The van der Waals surface area contributed by atoms with Gasteiger partial charge in [0.25, 0.3) is 0 Å². The smallest absolute Gasteiger partial charge is 0.329 e. The van der Waals surface area contributed by atoms with E-state index in [-0.39, 0.29) is 29.7 Å². The molecule has 0 aromatic rings. The van der Waals surface area contributed by atoms with Gasteiger partial charge < -0.3 is 31.3 Å². The highest BCUT2D eigenvalue weighted by atomic mass is 19.3. The monoisotopic (exact) mass is 587 g/mol. The largest absolute Gasteiger partial charge is 0.458 e. The zero-order valence-electron chi connectivity index (χ0n) is 25.8. The van der Waals surface area contributed by atoms with Crippen LogP contribution in [0.25, 0.3) is 0 Å². The first kappa shape index (κ1) is 34.2. The molecule has 11 nitrogen and oxygen atoms in total. The molecule has 2 aliphatic rings.